The fraction of sp³-hybridized carbons (Fsp3) is 0.400. The number of nitrogens with one attached hydrogen (secondary N) is 1. The second kappa shape index (κ2) is 7.52. The number of hydrogen-bond acceptors (Lipinski definition) is 4. The molecule has 0 saturated carbocycles. The number of rotatable bonds is 6. The van der Waals surface area contributed by atoms with E-state index in [9.17, 15) is 0 Å². The Balaban J connectivity index is 2.32. The minimum atomic E-state index is 0.745. The number of anilines is 1. The van der Waals surface area contributed by atoms with Crippen molar-refractivity contribution >= 4 is 28.4 Å². The molecule has 2 aromatic heterocycles. The standard InChI is InChI=1S/C15H19IN4/c1-3-5-12-14(16)15(18-4-2)20-13(19-12)10-11-6-8-17-9-7-11/h6-9H,3-5,10H2,1-2H3,(H,18,19,20). The molecule has 0 bridgehead atoms. The molecule has 0 spiro atoms. The van der Waals surface area contributed by atoms with Crippen molar-refractivity contribution in [2.45, 2.75) is 33.1 Å². The van der Waals surface area contributed by atoms with Crippen LogP contribution in [0.15, 0.2) is 24.5 Å². The van der Waals surface area contributed by atoms with E-state index in [1.165, 1.54) is 5.56 Å². The topological polar surface area (TPSA) is 50.7 Å². The van der Waals surface area contributed by atoms with Crippen LogP contribution in [0.5, 0.6) is 0 Å². The summed E-state index contributed by atoms with van der Waals surface area (Å²) in [6, 6.07) is 4.02. The van der Waals surface area contributed by atoms with Gasteiger partial charge in [-0.2, -0.15) is 0 Å². The minimum Gasteiger partial charge on any atom is -0.369 e. The van der Waals surface area contributed by atoms with Crippen LogP contribution in [0, 0.1) is 3.57 Å². The number of nitrogens with zero attached hydrogens (tertiary/aromatic N) is 3. The van der Waals surface area contributed by atoms with E-state index in [1.807, 2.05) is 12.1 Å². The Morgan fingerprint density at radius 1 is 1.15 bits per heavy atom. The number of hydrogen-bond donors (Lipinski definition) is 1. The maximum absolute atomic E-state index is 4.72. The van der Waals surface area contributed by atoms with Gasteiger partial charge in [-0.25, -0.2) is 9.97 Å². The Morgan fingerprint density at radius 2 is 1.90 bits per heavy atom. The van der Waals surface area contributed by atoms with Gasteiger partial charge in [0.05, 0.1) is 9.26 Å². The van der Waals surface area contributed by atoms with Crippen molar-refractivity contribution in [1.82, 2.24) is 15.0 Å². The Bertz CT molecular complexity index is 530. The predicted molar refractivity (Wildman–Crippen MR) is 90.0 cm³/mol. The van der Waals surface area contributed by atoms with Crippen LogP contribution >= 0.6 is 22.6 Å². The lowest BCUT2D eigenvalue weighted by Crippen LogP contribution is -2.10. The normalized spacial score (nSPS) is 10.6. The molecule has 1 N–H and O–H groups in total. The average Bonchev–Trinajstić information content (AvgIpc) is 2.45. The van der Waals surface area contributed by atoms with Gasteiger partial charge in [-0.1, -0.05) is 13.3 Å². The highest BCUT2D eigenvalue weighted by atomic mass is 127. The van der Waals surface area contributed by atoms with Crippen LogP contribution in [0.1, 0.15) is 37.4 Å². The zero-order valence-corrected chi connectivity index (χ0v) is 14.0. The smallest absolute Gasteiger partial charge is 0.143 e. The molecule has 0 amide bonds. The van der Waals surface area contributed by atoms with E-state index in [0.717, 1.165) is 46.7 Å². The maximum Gasteiger partial charge on any atom is 0.143 e. The molecule has 0 saturated heterocycles. The van der Waals surface area contributed by atoms with Crippen LogP contribution in [0.25, 0.3) is 0 Å². The minimum absolute atomic E-state index is 0.745. The van der Waals surface area contributed by atoms with Crippen LogP contribution in [-0.2, 0) is 12.8 Å². The number of halogens is 1. The summed E-state index contributed by atoms with van der Waals surface area (Å²) in [7, 11) is 0. The number of aryl methyl sites for hydroxylation is 1. The summed E-state index contributed by atoms with van der Waals surface area (Å²) in [6.45, 7) is 5.13. The molecular formula is C15H19IN4. The first-order chi connectivity index (χ1) is 9.74. The van der Waals surface area contributed by atoms with E-state index in [-0.39, 0.29) is 0 Å². The van der Waals surface area contributed by atoms with E-state index < -0.39 is 0 Å². The van der Waals surface area contributed by atoms with Crippen LogP contribution < -0.4 is 5.32 Å². The lowest BCUT2D eigenvalue weighted by atomic mass is 10.2. The predicted octanol–water partition coefficient (Wildman–Crippen LogP) is 3.45. The van der Waals surface area contributed by atoms with Gasteiger partial charge in [0.2, 0.25) is 0 Å². The van der Waals surface area contributed by atoms with Gasteiger partial charge in [-0.3, -0.25) is 4.98 Å². The van der Waals surface area contributed by atoms with Crippen molar-refractivity contribution in [1.29, 1.82) is 0 Å². The van der Waals surface area contributed by atoms with Crippen molar-refractivity contribution in [2.75, 3.05) is 11.9 Å². The molecule has 0 radical (unpaired) electrons. The maximum atomic E-state index is 4.72. The lowest BCUT2D eigenvalue weighted by Gasteiger charge is -2.12. The number of pyridine rings is 1. The SMILES string of the molecule is CCCc1nc(Cc2ccncc2)nc(NCC)c1I. The van der Waals surface area contributed by atoms with Crippen LogP contribution in [-0.4, -0.2) is 21.5 Å². The van der Waals surface area contributed by atoms with Crippen molar-refractivity contribution < 1.29 is 0 Å². The highest BCUT2D eigenvalue weighted by Gasteiger charge is 2.11. The average molecular weight is 382 g/mol. The van der Waals surface area contributed by atoms with Crippen molar-refractivity contribution in [3.05, 3.63) is 45.2 Å². The molecule has 2 heterocycles. The third-order valence-electron chi connectivity index (χ3n) is 2.91. The summed E-state index contributed by atoms with van der Waals surface area (Å²) in [4.78, 5) is 13.4. The fourth-order valence-electron chi connectivity index (χ4n) is 1.99. The highest BCUT2D eigenvalue weighted by molar-refractivity contribution is 14.1. The summed E-state index contributed by atoms with van der Waals surface area (Å²) in [5.74, 6) is 1.83. The summed E-state index contributed by atoms with van der Waals surface area (Å²) in [6.07, 6.45) is 6.44. The second-order valence-electron chi connectivity index (χ2n) is 4.56. The molecule has 2 rings (SSSR count). The molecule has 5 heteroatoms. The molecule has 0 aliphatic carbocycles. The molecule has 0 atom stereocenters. The molecule has 106 valence electrons. The fourth-order valence-corrected chi connectivity index (χ4v) is 2.70. The molecule has 0 aliphatic heterocycles. The quantitative estimate of drug-likeness (QED) is 0.778. The zero-order valence-electron chi connectivity index (χ0n) is 11.9. The second-order valence-corrected chi connectivity index (χ2v) is 5.64. The van der Waals surface area contributed by atoms with Gasteiger partial charge in [0.25, 0.3) is 0 Å². The summed E-state index contributed by atoms with van der Waals surface area (Å²) in [5.41, 5.74) is 2.33. The van der Waals surface area contributed by atoms with Gasteiger partial charge < -0.3 is 5.32 Å². The number of aromatic nitrogens is 3. The largest absolute Gasteiger partial charge is 0.369 e. The van der Waals surface area contributed by atoms with E-state index in [4.69, 9.17) is 4.98 Å². The van der Waals surface area contributed by atoms with Gasteiger partial charge in [0.1, 0.15) is 11.6 Å². The van der Waals surface area contributed by atoms with Gasteiger partial charge in [0.15, 0.2) is 0 Å². The van der Waals surface area contributed by atoms with Gasteiger partial charge in [-0.15, -0.1) is 0 Å². The van der Waals surface area contributed by atoms with Crippen LogP contribution in [0.2, 0.25) is 0 Å². The molecule has 0 unspecified atom stereocenters. The third kappa shape index (κ3) is 3.88. The van der Waals surface area contributed by atoms with E-state index in [0.29, 0.717) is 0 Å². The first-order valence-corrected chi connectivity index (χ1v) is 8.00. The first-order valence-electron chi connectivity index (χ1n) is 6.92. The van der Waals surface area contributed by atoms with Crippen LogP contribution in [0.3, 0.4) is 0 Å². The van der Waals surface area contributed by atoms with E-state index in [1.54, 1.807) is 12.4 Å². The molecule has 4 nitrogen and oxygen atoms in total. The van der Waals surface area contributed by atoms with Crippen molar-refractivity contribution in [3.8, 4) is 0 Å². The Kier molecular flexibility index (Phi) is 5.70. The summed E-state index contributed by atoms with van der Waals surface area (Å²) < 4.78 is 1.14. The molecule has 2 aromatic rings. The first kappa shape index (κ1) is 15.2. The third-order valence-corrected chi connectivity index (χ3v) is 4.04. The van der Waals surface area contributed by atoms with Crippen LogP contribution in [0.4, 0.5) is 5.82 Å². The van der Waals surface area contributed by atoms with Gasteiger partial charge in [-0.05, 0) is 53.6 Å². The van der Waals surface area contributed by atoms with Crippen molar-refractivity contribution in [2.24, 2.45) is 0 Å². The zero-order chi connectivity index (χ0) is 14.4. The summed E-state index contributed by atoms with van der Waals surface area (Å²) in [5, 5.41) is 3.33. The van der Waals surface area contributed by atoms with Gasteiger partial charge in [0, 0.05) is 25.4 Å². The van der Waals surface area contributed by atoms with E-state index in [2.05, 4.69) is 51.7 Å². The molecule has 20 heavy (non-hydrogen) atoms. The molecule has 0 aromatic carbocycles. The summed E-state index contributed by atoms with van der Waals surface area (Å²) >= 11 is 2.34. The monoisotopic (exact) mass is 382 g/mol. The molecule has 0 aliphatic rings. The lowest BCUT2D eigenvalue weighted by molar-refractivity contribution is 0.832. The Hall–Kier alpha value is -1.24. The Labute approximate surface area is 133 Å². The molecular weight excluding hydrogens is 363 g/mol. The highest BCUT2D eigenvalue weighted by Crippen LogP contribution is 2.21. The van der Waals surface area contributed by atoms with Gasteiger partial charge >= 0.3 is 0 Å². The van der Waals surface area contributed by atoms with Crippen molar-refractivity contribution in [3.63, 3.8) is 0 Å². The molecule has 0 fully saturated rings. The van der Waals surface area contributed by atoms with E-state index >= 15 is 0 Å². The Morgan fingerprint density at radius 3 is 2.55 bits per heavy atom.